The Hall–Kier alpha value is -2.27. The Morgan fingerprint density at radius 1 is 1.14 bits per heavy atom. The van der Waals surface area contributed by atoms with E-state index in [0.29, 0.717) is 11.3 Å². The van der Waals surface area contributed by atoms with E-state index >= 15 is 0 Å². The van der Waals surface area contributed by atoms with Crippen molar-refractivity contribution < 1.29 is 9.63 Å². The number of amidine groups is 1. The number of hydrogen-bond donors (Lipinski definition) is 1. The van der Waals surface area contributed by atoms with Crippen molar-refractivity contribution in [3.8, 4) is 0 Å². The van der Waals surface area contributed by atoms with Crippen molar-refractivity contribution in [1.82, 2.24) is 0 Å². The molecule has 21 heavy (non-hydrogen) atoms. The molecule has 2 rings (SSSR count). The van der Waals surface area contributed by atoms with Gasteiger partial charge >= 0.3 is 5.97 Å². The molecule has 0 aliphatic heterocycles. The largest absolute Gasteiger partial charge is 0.384 e. The van der Waals surface area contributed by atoms with Crippen LogP contribution in [0.4, 0.5) is 0 Å². The second kappa shape index (κ2) is 7.50. The summed E-state index contributed by atoms with van der Waals surface area (Å²) >= 11 is 1.54. The highest BCUT2D eigenvalue weighted by molar-refractivity contribution is 8.00. The van der Waals surface area contributed by atoms with Gasteiger partial charge in [-0.2, -0.15) is 0 Å². The van der Waals surface area contributed by atoms with Crippen LogP contribution in [0.3, 0.4) is 0 Å². The average Bonchev–Trinajstić information content (AvgIpc) is 2.53. The van der Waals surface area contributed by atoms with Crippen molar-refractivity contribution in [2.75, 3.05) is 5.75 Å². The number of aryl methyl sites for hydroxylation is 1. The molecule has 0 aliphatic carbocycles. The molecular weight excluding hydrogens is 284 g/mol. The van der Waals surface area contributed by atoms with Gasteiger partial charge in [0.1, 0.15) is 5.84 Å². The smallest absolute Gasteiger partial charge is 0.365 e. The van der Waals surface area contributed by atoms with Gasteiger partial charge in [0, 0.05) is 4.90 Å². The Morgan fingerprint density at radius 2 is 1.81 bits per heavy atom. The lowest BCUT2D eigenvalue weighted by atomic mass is 10.2. The molecule has 0 unspecified atom stereocenters. The van der Waals surface area contributed by atoms with E-state index < -0.39 is 5.97 Å². The van der Waals surface area contributed by atoms with E-state index in [1.807, 2.05) is 37.3 Å². The summed E-state index contributed by atoms with van der Waals surface area (Å²) in [6.07, 6.45) is 0. The molecule has 2 aromatic rings. The topological polar surface area (TPSA) is 64.7 Å². The second-order valence-corrected chi connectivity index (χ2v) is 5.48. The lowest BCUT2D eigenvalue weighted by Crippen LogP contribution is -2.16. The lowest BCUT2D eigenvalue weighted by molar-refractivity contribution is 0.0515. The number of nitrogens with zero attached hydrogens (tertiary/aromatic N) is 1. The summed E-state index contributed by atoms with van der Waals surface area (Å²) in [7, 11) is 0. The number of benzene rings is 2. The summed E-state index contributed by atoms with van der Waals surface area (Å²) in [6.45, 7) is 2.04. The molecule has 0 saturated heterocycles. The molecule has 5 heteroatoms. The van der Waals surface area contributed by atoms with Crippen LogP contribution in [-0.4, -0.2) is 17.6 Å². The molecule has 108 valence electrons. The third kappa shape index (κ3) is 4.96. The number of thioether (sulfide) groups is 1. The monoisotopic (exact) mass is 300 g/mol. The van der Waals surface area contributed by atoms with Gasteiger partial charge in [-0.15, -0.1) is 11.8 Å². The predicted octanol–water partition coefficient (Wildman–Crippen LogP) is 3.22. The van der Waals surface area contributed by atoms with Crippen molar-refractivity contribution in [3.05, 3.63) is 65.7 Å². The predicted molar refractivity (Wildman–Crippen MR) is 85.4 cm³/mol. The quantitative estimate of drug-likeness (QED) is 0.303. The Labute approximate surface area is 128 Å². The number of hydrogen-bond acceptors (Lipinski definition) is 4. The number of carbonyl (C=O) groups is 1. The van der Waals surface area contributed by atoms with E-state index in [9.17, 15) is 4.79 Å². The normalized spacial score (nSPS) is 11.2. The van der Waals surface area contributed by atoms with Gasteiger partial charge in [-0.25, -0.2) is 4.79 Å². The standard InChI is InChI=1S/C16H16N2O2S/c1-12-7-9-14(10-8-12)21-11-15(17)18-20-16(19)13-5-3-2-4-6-13/h2-10H,11H2,1H3,(H2,17,18). The first-order valence-electron chi connectivity index (χ1n) is 6.43. The van der Waals surface area contributed by atoms with Gasteiger partial charge < -0.3 is 10.6 Å². The fraction of sp³-hybridized carbons (Fsp3) is 0.125. The summed E-state index contributed by atoms with van der Waals surface area (Å²) in [5.74, 6) is 0.217. The Morgan fingerprint density at radius 3 is 2.48 bits per heavy atom. The molecule has 0 heterocycles. The fourth-order valence-electron chi connectivity index (χ4n) is 1.55. The van der Waals surface area contributed by atoms with Crippen LogP contribution >= 0.6 is 11.8 Å². The first-order valence-corrected chi connectivity index (χ1v) is 7.42. The van der Waals surface area contributed by atoms with Crippen LogP contribution in [0.1, 0.15) is 15.9 Å². The first-order chi connectivity index (χ1) is 10.1. The minimum atomic E-state index is -0.515. The highest BCUT2D eigenvalue weighted by Crippen LogP contribution is 2.17. The highest BCUT2D eigenvalue weighted by atomic mass is 32.2. The minimum absolute atomic E-state index is 0.268. The molecule has 4 nitrogen and oxygen atoms in total. The van der Waals surface area contributed by atoms with Crippen molar-refractivity contribution in [3.63, 3.8) is 0 Å². The van der Waals surface area contributed by atoms with Gasteiger partial charge in [0.25, 0.3) is 0 Å². The van der Waals surface area contributed by atoms with Crippen molar-refractivity contribution in [2.45, 2.75) is 11.8 Å². The molecule has 0 aliphatic rings. The number of carbonyl (C=O) groups excluding carboxylic acids is 1. The van der Waals surface area contributed by atoms with Crippen LogP contribution in [0.25, 0.3) is 0 Å². The maximum atomic E-state index is 11.7. The number of oxime groups is 1. The van der Waals surface area contributed by atoms with Gasteiger partial charge in [0.15, 0.2) is 0 Å². The molecule has 0 radical (unpaired) electrons. The fourth-order valence-corrected chi connectivity index (χ4v) is 2.24. The summed E-state index contributed by atoms with van der Waals surface area (Å²) < 4.78 is 0. The number of rotatable bonds is 5. The van der Waals surface area contributed by atoms with Crippen LogP contribution in [0.5, 0.6) is 0 Å². The van der Waals surface area contributed by atoms with E-state index in [0.717, 1.165) is 4.90 Å². The summed E-state index contributed by atoms with van der Waals surface area (Å²) in [4.78, 5) is 17.6. The van der Waals surface area contributed by atoms with Crippen LogP contribution in [0.15, 0.2) is 64.6 Å². The van der Waals surface area contributed by atoms with E-state index in [1.54, 1.807) is 24.3 Å². The lowest BCUT2D eigenvalue weighted by Gasteiger charge is -2.02. The van der Waals surface area contributed by atoms with Crippen LogP contribution < -0.4 is 5.73 Å². The highest BCUT2D eigenvalue weighted by Gasteiger charge is 2.06. The average molecular weight is 300 g/mol. The van der Waals surface area contributed by atoms with Crippen LogP contribution in [-0.2, 0) is 4.84 Å². The first kappa shape index (κ1) is 15.1. The molecule has 0 fully saturated rings. The van der Waals surface area contributed by atoms with Crippen molar-refractivity contribution >= 4 is 23.6 Å². The summed E-state index contributed by atoms with van der Waals surface area (Å²) in [5, 5.41) is 3.66. The molecule has 0 amide bonds. The van der Waals surface area contributed by atoms with E-state index in [-0.39, 0.29) is 5.84 Å². The molecule has 2 N–H and O–H groups in total. The van der Waals surface area contributed by atoms with Gasteiger partial charge in [-0.1, -0.05) is 41.1 Å². The summed E-state index contributed by atoms with van der Waals surface area (Å²) in [6, 6.07) is 16.8. The van der Waals surface area contributed by atoms with Crippen molar-refractivity contribution in [1.29, 1.82) is 0 Å². The Bertz CT molecular complexity index is 624. The van der Waals surface area contributed by atoms with E-state index in [2.05, 4.69) is 5.16 Å². The van der Waals surface area contributed by atoms with Crippen LogP contribution in [0.2, 0.25) is 0 Å². The van der Waals surface area contributed by atoms with Gasteiger partial charge in [-0.3, -0.25) is 0 Å². The SMILES string of the molecule is Cc1ccc(SC/C(N)=N/OC(=O)c2ccccc2)cc1. The van der Waals surface area contributed by atoms with Gasteiger partial charge in [-0.05, 0) is 31.2 Å². The van der Waals surface area contributed by atoms with Crippen molar-refractivity contribution in [2.24, 2.45) is 10.9 Å². The molecule has 0 bridgehead atoms. The van der Waals surface area contributed by atoms with Crippen LogP contribution in [0, 0.1) is 6.92 Å². The Kier molecular flexibility index (Phi) is 5.40. The van der Waals surface area contributed by atoms with E-state index in [1.165, 1.54) is 17.3 Å². The van der Waals surface area contributed by atoms with Gasteiger partial charge in [0.05, 0.1) is 11.3 Å². The second-order valence-electron chi connectivity index (χ2n) is 4.43. The zero-order chi connectivity index (χ0) is 15.1. The molecule has 0 atom stereocenters. The molecule has 0 spiro atoms. The molecule has 0 aromatic heterocycles. The number of nitrogens with two attached hydrogens (primary N) is 1. The zero-order valence-electron chi connectivity index (χ0n) is 11.7. The zero-order valence-corrected chi connectivity index (χ0v) is 12.5. The molecular formula is C16H16N2O2S. The van der Waals surface area contributed by atoms with Gasteiger partial charge in [0.2, 0.25) is 0 Å². The third-order valence-corrected chi connectivity index (χ3v) is 3.71. The Balaban J connectivity index is 1.84. The molecule has 0 saturated carbocycles. The third-order valence-electron chi connectivity index (χ3n) is 2.66. The maximum absolute atomic E-state index is 11.7. The minimum Gasteiger partial charge on any atom is -0.384 e. The molecule has 2 aromatic carbocycles. The summed E-state index contributed by atoms with van der Waals surface area (Å²) in [5.41, 5.74) is 7.38. The van der Waals surface area contributed by atoms with E-state index in [4.69, 9.17) is 10.6 Å². The maximum Gasteiger partial charge on any atom is 0.365 e.